The largest absolute Gasteiger partial charge is 0.481 e. The quantitative estimate of drug-likeness (QED) is 0.561. The lowest BCUT2D eigenvalue weighted by Crippen LogP contribution is -2.49. The first kappa shape index (κ1) is 23.8. The van der Waals surface area contributed by atoms with E-state index in [1.807, 2.05) is 24.3 Å². The number of carboxylic acids is 1. The highest BCUT2D eigenvalue weighted by molar-refractivity contribution is 5.80. The Hall–Kier alpha value is -3.35. The SMILES string of the molecule is CC(C)(CC(=O)N[C@@H]1CCC[C@@H](C(=O)O)C1)NC(=O)OCC1c2ccccc2-c2ccccc21. The van der Waals surface area contributed by atoms with E-state index in [0.29, 0.717) is 12.8 Å². The maximum absolute atomic E-state index is 12.6. The van der Waals surface area contributed by atoms with Crippen molar-refractivity contribution >= 4 is 18.0 Å². The average molecular weight is 465 g/mol. The molecule has 3 N–H and O–H groups in total. The Morgan fingerprint density at radius 1 is 1.00 bits per heavy atom. The molecule has 0 spiro atoms. The Balaban J connectivity index is 1.30. The van der Waals surface area contributed by atoms with Gasteiger partial charge in [-0.2, -0.15) is 0 Å². The lowest BCUT2D eigenvalue weighted by molar-refractivity contribution is -0.143. The average Bonchev–Trinajstić information content (AvgIpc) is 3.11. The summed E-state index contributed by atoms with van der Waals surface area (Å²) in [4.78, 5) is 36.4. The summed E-state index contributed by atoms with van der Waals surface area (Å²) >= 11 is 0. The molecule has 2 atom stereocenters. The monoisotopic (exact) mass is 464 g/mol. The van der Waals surface area contributed by atoms with Crippen molar-refractivity contribution in [3.8, 4) is 11.1 Å². The van der Waals surface area contributed by atoms with E-state index >= 15 is 0 Å². The molecule has 2 amide bonds. The second-order valence-corrected chi connectivity index (χ2v) is 9.98. The summed E-state index contributed by atoms with van der Waals surface area (Å²) in [6.07, 6.45) is 2.16. The van der Waals surface area contributed by atoms with Gasteiger partial charge in [-0.05, 0) is 55.4 Å². The zero-order valence-electron chi connectivity index (χ0n) is 19.7. The molecule has 1 saturated carbocycles. The van der Waals surface area contributed by atoms with Gasteiger partial charge in [-0.25, -0.2) is 4.79 Å². The van der Waals surface area contributed by atoms with Crippen molar-refractivity contribution in [3.05, 3.63) is 59.7 Å². The molecular weight excluding hydrogens is 432 g/mol. The number of fused-ring (bicyclic) bond motifs is 3. The summed E-state index contributed by atoms with van der Waals surface area (Å²) in [7, 11) is 0. The number of carboxylic acid groups (broad SMARTS) is 1. The summed E-state index contributed by atoms with van der Waals surface area (Å²) in [5.74, 6) is -1.46. The minimum atomic E-state index is -0.812. The van der Waals surface area contributed by atoms with Gasteiger partial charge in [0.15, 0.2) is 0 Å². The van der Waals surface area contributed by atoms with Crippen molar-refractivity contribution in [1.82, 2.24) is 10.6 Å². The lowest BCUT2D eigenvalue weighted by atomic mass is 9.85. The fourth-order valence-corrected chi connectivity index (χ4v) is 5.18. The molecule has 2 aromatic rings. The zero-order valence-corrected chi connectivity index (χ0v) is 19.7. The van der Waals surface area contributed by atoms with Crippen LogP contribution in [0.5, 0.6) is 0 Å². The second-order valence-electron chi connectivity index (χ2n) is 9.98. The number of carbonyl (C=O) groups is 3. The van der Waals surface area contributed by atoms with Crippen LogP contribution < -0.4 is 10.6 Å². The predicted octanol–water partition coefficient (Wildman–Crippen LogP) is 4.45. The Labute approximate surface area is 199 Å². The van der Waals surface area contributed by atoms with Crippen LogP contribution in [0.15, 0.2) is 48.5 Å². The molecule has 7 nitrogen and oxygen atoms in total. The van der Waals surface area contributed by atoms with Crippen LogP contribution in [0.1, 0.15) is 63.0 Å². The molecule has 0 aromatic heterocycles. The second kappa shape index (κ2) is 9.87. The number of ether oxygens (including phenoxy) is 1. The van der Waals surface area contributed by atoms with E-state index in [9.17, 15) is 19.5 Å². The van der Waals surface area contributed by atoms with Crippen LogP contribution in [0.3, 0.4) is 0 Å². The van der Waals surface area contributed by atoms with Gasteiger partial charge in [0, 0.05) is 23.9 Å². The number of carbonyl (C=O) groups excluding carboxylic acids is 2. The Bertz CT molecular complexity index is 1030. The minimum Gasteiger partial charge on any atom is -0.481 e. The van der Waals surface area contributed by atoms with Crippen molar-refractivity contribution in [1.29, 1.82) is 0 Å². The van der Waals surface area contributed by atoms with Gasteiger partial charge >= 0.3 is 12.1 Å². The molecule has 0 unspecified atom stereocenters. The highest BCUT2D eigenvalue weighted by Crippen LogP contribution is 2.44. The highest BCUT2D eigenvalue weighted by Gasteiger charge is 2.32. The molecule has 180 valence electrons. The number of amides is 2. The molecule has 0 aliphatic heterocycles. The predicted molar refractivity (Wildman–Crippen MR) is 128 cm³/mol. The van der Waals surface area contributed by atoms with Gasteiger partial charge in [-0.3, -0.25) is 9.59 Å². The maximum Gasteiger partial charge on any atom is 0.407 e. The van der Waals surface area contributed by atoms with Crippen molar-refractivity contribution in [3.63, 3.8) is 0 Å². The number of nitrogens with one attached hydrogen (secondary N) is 2. The molecule has 1 fully saturated rings. The van der Waals surface area contributed by atoms with Crippen LogP contribution in [-0.2, 0) is 14.3 Å². The van der Waals surface area contributed by atoms with Crippen molar-refractivity contribution in [2.24, 2.45) is 5.92 Å². The third-order valence-electron chi connectivity index (χ3n) is 6.78. The molecule has 34 heavy (non-hydrogen) atoms. The number of benzene rings is 2. The number of aliphatic carboxylic acids is 1. The molecule has 4 rings (SSSR count). The summed E-state index contributed by atoms with van der Waals surface area (Å²) in [5.41, 5.74) is 3.80. The van der Waals surface area contributed by atoms with Gasteiger partial charge < -0.3 is 20.5 Å². The summed E-state index contributed by atoms with van der Waals surface area (Å²) < 4.78 is 5.60. The van der Waals surface area contributed by atoms with Crippen LogP contribution in [0.25, 0.3) is 11.1 Å². The van der Waals surface area contributed by atoms with E-state index in [0.717, 1.165) is 35.1 Å². The normalized spacial score (nSPS) is 19.6. The minimum absolute atomic E-state index is 0.0296. The van der Waals surface area contributed by atoms with E-state index in [2.05, 4.69) is 34.9 Å². The fraction of sp³-hybridized carbons (Fsp3) is 0.444. The van der Waals surface area contributed by atoms with E-state index in [4.69, 9.17) is 4.74 Å². The topological polar surface area (TPSA) is 105 Å². The van der Waals surface area contributed by atoms with Crippen molar-refractivity contribution in [2.75, 3.05) is 6.61 Å². The molecule has 0 bridgehead atoms. The number of rotatable bonds is 7. The highest BCUT2D eigenvalue weighted by atomic mass is 16.5. The molecule has 2 aliphatic rings. The Kier molecular flexibility index (Phi) is 6.91. The van der Waals surface area contributed by atoms with E-state index in [1.54, 1.807) is 13.8 Å². The van der Waals surface area contributed by atoms with Gasteiger partial charge in [0.1, 0.15) is 6.61 Å². The molecule has 0 heterocycles. The van der Waals surface area contributed by atoms with Crippen LogP contribution in [-0.4, -0.2) is 41.3 Å². The van der Waals surface area contributed by atoms with Crippen LogP contribution in [0, 0.1) is 5.92 Å². The van der Waals surface area contributed by atoms with Crippen LogP contribution >= 0.6 is 0 Å². The lowest BCUT2D eigenvalue weighted by Gasteiger charge is -2.30. The van der Waals surface area contributed by atoms with Gasteiger partial charge in [-0.15, -0.1) is 0 Å². The van der Waals surface area contributed by atoms with Crippen LogP contribution in [0.4, 0.5) is 4.79 Å². The van der Waals surface area contributed by atoms with Crippen LogP contribution in [0.2, 0.25) is 0 Å². The molecule has 0 radical (unpaired) electrons. The van der Waals surface area contributed by atoms with E-state index < -0.39 is 23.5 Å². The standard InChI is InChI=1S/C27H32N2O5/c1-27(2,15-24(30)28-18-9-7-8-17(14-18)25(31)32)29-26(33)34-16-23-21-12-5-3-10-19(21)20-11-4-6-13-22(20)23/h3-6,10-13,17-18,23H,7-9,14-16H2,1-2H3,(H,28,30)(H,29,33)(H,31,32)/t17-,18-/m1/s1. The van der Waals surface area contributed by atoms with Crippen molar-refractivity contribution < 1.29 is 24.2 Å². The van der Waals surface area contributed by atoms with Gasteiger partial charge in [0.2, 0.25) is 5.91 Å². The zero-order chi connectivity index (χ0) is 24.3. The molecule has 2 aliphatic carbocycles. The van der Waals surface area contributed by atoms with Gasteiger partial charge in [0.25, 0.3) is 0 Å². The first-order valence-electron chi connectivity index (χ1n) is 11.9. The van der Waals surface area contributed by atoms with E-state index in [-0.39, 0.29) is 30.9 Å². The van der Waals surface area contributed by atoms with Gasteiger partial charge in [0.05, 0.1) is 5.92 Å². The van der Waals surface area contributed by atoms with E-state index in [1.165, 1.54) is 0 Å². The molecule has 2 aromatic carbocycles. The van der Waals surface area contributed by atoms with Gasteiger partial charge in [-0.1, -0.05) is 55.0 Å². The summed E-state index contributed by atoms with van der Waals surface area (Å²) in [6, 6.07) is 16.2. The Morgan fingerprint density at radius 3 is 2.24 bits per heavy atom. The molecule has 7 heteroatoms. The fourth-order valence-electron chi connectivity index (χ4n) is 5.18. The van der Waals surface area contributed by atoms with Crippen molar-refractivity contribution in [2.45, 2.75) is 63.5 Å². The maximum atomic E-state index is 12.6. The number of alkyl carbamates (subject to hydrolysis) is 1. The number of hydrogen-bond acceptors (Lipinski definition) is 4. The summed E-state index contributed by atoms with van der Waals surface area (Å²) in [6.45, 7) is 3.75. The molecular formula is C27H32N2O5. The first-order chi connectivity index (χ1) is 16.2. The smallest absolute Gasteiger partial charge is 0.407 e. The molecule has 0 saturated heterocycles. The summed E-state index contributed by atoms with van der Waals surface area (Å²) in [5, 5.41) is 15.0. The third kappa shape index (κ3) is 5.41. The Morgan fingerprint density at radius 2 is 1.62 bits per heavy atom. The number of hydrogen-bond donors (Lipinski definition) is 3. The third-order valence-corrected chi connectivity index (χ3v) is 6.78. The first-order valence-corrected chi connectivity index (χ1v) is 11.9.